The maximum absolute atomic E-state index is 2.32. The van der Waals surface area contributed by atoms with Gasteiger partial charge in [0.15, 0.2) is 0 Å². The molecule has 0 unspecified atom stereocenters. The monoisotopic (exact) mass is 348 g/mol. The van der Waals surface area contributed by atoms with Gasteiger partial charge in [0.25, 0.3) is 0 Å². The Kier molecular flexibility index (Phi) is 4.89. The highest BCUT2D eigenvalue weighted by molar-refractivity contribution is 5.82. The third-order valence-corrected chi connectivity index (χ3v) is 5.04. The summed E-state index contributed by atoms with van der Waals surface area (Å²) in [5.74, 6) is 0.488. The Morgan fingerprint density at radius 2 is 0.889 bits per heavy atom. The van der Waals surface area contributed by atoms with E-state index in [0.29, 0.717) is 5.92 Å². The number of hydrogen-bond acceptors (Lipinski definition) is 0. The van der Waals surface area contributed by atoms with Crippen LogP contribution in [0.4, 0.5) is 0 Å². The van der Waals surface area contributed by atoms with E-state index in [9.17, 15) is 0 Å². The predicted octanol–water partition coefficient (Wildman–Crippen LogP) is 7.81. The number of rotatable bonds is 4. The van der Waals surface area contributed by atoms with Crippen LogP contribution in [0.5, 0.6) is 0 Å². The Morgan fingerprint density at radius 3 is 1.41 bits per heavy atom. The lowest BCUT2D eigenvalue weighted by Crippen LogP contribution is -1.93. The second-order valence-corrected chi connectivity index (χ2v) is 7.27. The molecule has 0 aliphatic carbocycles. The summed E-state index contributed by atoms with van der Waals surface area (Å²) in [6.07, 6.45) is 0. The lowest BCUT2D eigenvalue weighted by molar-refractivity contribution is 0.869. The van der Waals surface area contributed by atoms with Gasteiger partial charge in [0.1, 0.15) is 0 Å². The first-order chi connectivity index (χ1) is 13.2. The second kappa shape index (κ2) is 7.63. The Labute approximate surface area is 162 Å². The first kappa shape index (κ1) is 17.3. The summed E-state index contributed by atoms with van der Waals surface area (Å²) < 4.78 is 0. The Morgan fingerprint density at radius 1 is 0.444 bits per heavy atom. The van der Waals surface area contributed by atoms with Crippen LogP contribution in [0.1, 0.15) is 25.3 Å². The molecule has 0 atom stereocenters. The highest BCUT2D eigenvalue weighted by atomic mass is 14.2. The minimum absolute atomic E-state index is 0.488. The third-order valence-electron chi connectivity index (χ3n) is 5.04. The van der Waals surface area contributed by atoms with Crippen LogP contribution in [-0.4, -0.2) is 0 Å². The zero-order valence-corrected chi connectivity index (χ0v) is 15.9. The molecular formula is C27H24. The van der Waals surface area contributed by atoms with Crippen molar-refractivity contribution >= 4 is 0 Å². The maximum Gasteiger partial charge on any atom is -0.0149 e. The van der Waals surface area contributed by atoms with Crippen LogP contribution >= 0.6 is 0 Å². The normalized spacial score (nSPS) is 10.9. The van der Waals surface area contributed by atoms with Gasteiger partial charge in [0.2, 0.25) is 0 Å². The molecule has 0 nitrogen and oxygen atoms in total. The zero-order valence-electron chi connectivity index (χ0n) is 15.9. The summed E-state index contributed by atoms with van der Waals surface area (Å²) in [7, 11) is 0. The molecule has 0 saturated carbocycles. The zero-order chi connectivity index (χ0) is 18.6. The van der Waals surface area contributed by atoms with E-state index in [-0.39, 0.29) is 0 Å². The average molecular weight is 348 g/mol. The molecular weight excluding hydrogens is 324 g/mol. The van der Waals surface area contributed by atoms with Crippen LogP contribution in [0.15, 0.2) is 103 Å². The van der Waals surface area contributed by atoms with Crippen LogP contribution < -0.4 is 0 Å². The fourth-order valence-electron chi connectivity index (χ4n) is 3.64. The number of hydrogen-bond donors (Lipinski definition) is 0. The maximum atomic E-state index is 2.32. The molecule has 0 fully saturated rings. The SMILES string of the molecule is CC(C)c1ccccc1-c1cc(-c2ccccc2)cc(-c2ccccc2)c1. The molecule has 0 heteroatoms. The second-order valence-electron chi connectivity index (χ2n) is 7.27. The molecule has 0 N–H and O–H groups in total. The fraction of sp³-hybridized carbons (Fsp3) is 0.111. The molecule has 0 bridgehead atoms. The van der Waals surface area contributed by atoms with Crippen molar-refractivity contribution in [3.8, 4) is 33.4 Å². The number of benzene rings is 4. The fourth-order valence-corrected chi connectivity index (χ4v) is 3.64. The quantitative estimate of drug-likeness (QED) is 0.353. The first-order valence-electron chi connectivity index (χ1n) is 9.57. The van der Waals surface area contributed by atoms with Gasteiger partial charge in [-0.2, -0.15) is 0 Å². The highest BCUT2D eigenvalue weighted by Gasteiger charge is 2.11. The molecule has 4 aromatic rings. The van der Waals surface area contributed by atoms with Crippen LogP contribution in [0.2, 0.25) is 0 Å². The smallest absolute Gasteiger partial charge is 0.0149 e. The molecule has 0 radical (unpaired) electrons. The molecule has 4 rings (SSSR count). The van der Waals surface area contributed by atoms with Gasteiger partial charge in [-0.05, 0) is 63.1 Å². The van der Waals surface area contributed by atoms with Crippen molar-refractivity contribution in [2.24, 2.45) is 0 Å². The van der Waals surface area contributed by atoms with Crippen LogP contribution in [0, 0.1) is 0 Å². The van der Waals surface area contributed by atoms with E-state index in [1.165, 1.54) is 38.9 Å². The van der Waals surface area contributed by atoms with E-state index in [1.807, 2.05) is 0 Å². The van der Waals surface area contributed by atoms with Gasteiger partial charge in [0, 0.05) is 0 Å². The molecule has 0 spiro atoms. The van der Waals surface area contributed by atoms with Crippen molar-refractivity contribution in [2.75, 3.05) is 0 Å². The van der Waals surface area contributed by atoms with E-state index < -0.39 is 0 Å². The van der Waals surface area contributed by atoms with Crippen LogP contribution in [0.25, 0.3) is 33.4 Å². The molecule has 0 heterocycles. The van der Waals surface area contributed by atoms with E-state index >= 15 is 0 Å². The van der Waals surface area contributed by atoms with Crippen molar-refractivity contribution in [3.05, 3.63) is 109 Å². The van der Waals surface area contributed by atoms with Crippen molar-refractivity contribution in [3.63, 3.8) is 0 Å². The van der Waals surface area contributed by atoms with Gasteiger partial charge < -0.3 is 0 Å². The summed E-state index contributed by atoms with van der Waals surface area (Å²) in [6.45, 7) is 4.52. The Bertz CT molecular complexity index is 970. The third kappa shape index (κ3) is 3.71. The van der Waals surface area contributed by atoms with E-state index in [1.54, 1.807) is 0 Å². The average Bonchev–Trinajstić information content (AvgIpc) is 2.74. The summed E-state index contributed by atoms with van der Waals surface area (Å²) in [4.78, 5) is 0. The van der Waals surface area contributed by atoms with Gasteiger partial charge in [-0.1, -0.05) is 98.8 Å². The van der Waals surface area contributed by atoms with Crippen LogP contribution in [-0.2, 0) is 0 Å². The van der Waals surface area contributed by atoms with Crippen LogP contribution in [0.3, 0.4) is 0 Å². The molecule has 0 aliphatic heterocycles. The van der Waals surface area contributed by atoms with Crippen molar-refractivity contribution in [2.45, 2.75) is 19.8 Å². The molecule has 0 aromatic heterocycles. The lowest BCUT2D eigenvalue weighted by atomic mass is 9.89. The molecule has 0 aliphatic rings. The van der Waals surface area contributed by atoms with Gasteiger partial charge in [-0.25, -0.2) is 0 Å². The molecule has 27 heavy (non-hydrogen) atoms. The minimum atomic E-state index is 0.488. The van der Waals surface area contributed by atoms with Gasteiger partial charge in [-0.3, -0.25) is 0 Å². The minimum Gasteiger partial charge on any atom is -0.0622 e. The van der Waals surface area contributed by atoms with Gasteiger partial charge in [0.05, 0.1) is 0 Å². The predicted molar refractivity (Wildman–Crippen MR) is 117 cm³/mol. The largest absolute Gasteiger partial charge is 0.0622 e. The summed E-state index contributed by atoms with van der Waals surface area (Å²) in [6, 6.07) is 37.0. The van der Waals surface area contributed by atoms with Crippen molar-refractivity contribution in [1.82, 2.24) is 0 Å². The van der Waals surface area contributed by atoms with Crippen molar-refractivity contribution in [1.29, 1.82) is 0 Å². The highest BCUT2D eigenvalue weighted by Crippen LogP contribution is 2.35. The van der Waals surface area contributed by atoms with E-state index in [0.717, 1.165) is 0 Å². The molecule has 0 saturated heterocycles. The molecule has 132 valence electrons. The summed E-state index contributed by atoms with van der Waals surface area (Å²) >= 11 is 0. The lowest BCUT2D eigenvalue weighted by Gasteiger charge is -2.16. The standard InChI is InChI=1S/C27H24/c1-20(2)26-15-9-10-16-27(26)25-18-23(21-11-5-3-6-12-21)17-24(19-25)22-13-7-4-8-14-22/h3-20H,1-2H3. The topological polar surface area (TPSA) is 0 Å². The van der Waals surface area contributed by atoms with Crippen molar-refractivity contribution < 1.29 is 0 Å². The molecule has 4 aromatic carbocycles. The Balaban J connectivity index is 1.95. The summed E-state index contributed by atoms with van der Waals surface area (Å²) in [5, 5.41) is 0. The van der Waals surface area contributed by atoms with E-state index in [2.05, 4.69) is 117 Å². The first-order valence-corrected chi connectivity index (χ1v) is 9.57. The van der Waals surface area contributed by atoms with Gasteiger partial charge >= 0.3 is 0 Å². The molecule has 0 amide bonds. The summed E-state index contributed by atoms with van der Waals surface area (Å²) in [5.41, 5.74) is 9.00. The Hall–Kier alpha value is -3.12. The van der Waals surface area contributed by atoms with E-state index in [4.69, 9.17) is 0 Å². The van der Waals surface area contributed by atoms with Gasteiger partial charge in [-0.15, -0.1) is 0 Å².